The number of halogens is 1. The lowest BCUT2D eigenvalue weighted by Gasteiger charge is -2.12. The fraction of sp³-hybridized carbons (Fsp3) is 0.200. The molecule has 3 aromatic rings. The second-order valence-electron chi connectivity index (χ2n) is 6.86. The van der Waals surface area contributed by atoms with Gasteiger partial charge in [0.1, 0.15) is 12.4 Å². The van der Waals surface area contributed by atoms with E-state index in [-0.39, 0.29) is 5.91 Å². The molecule has 0 aliphatic carbocycles. The van der Waals surface area contributed by atoms with Gasteiger partial charge in [0.05, 0.1) is 19.9 Å². The van der Waals surface area contributed by atoms with Crippen LogP contribution in [0.1, 0.15) is 34.8 Å². The molecule has 3 aromatic carbocycles. The third-order valence-electron chi connectivity index (χ3n) is 4.50. The highest BCUT2D eigenvalue weighted by atomic mass is 35.5. The molecule has 32 heavy (non-hydrogen) atoms. The molecule has 1 N–H and O–H groups in total. The molecule has 3 rings (SSSR count). The lowest BCUT2D eigenvalue weighted by atomic mass is 10.2. The van der Waals surface area contributed by atoms with Crippen LogP contribution in [-0.2, 0) is 6.61 Å². The van der Waals surface area contributed by atoms with Gasteiger partial charge >= 0.3 is 0 Å². The average Bonchev–Trinajstić information content (AvgIpc) is 2.82. The van der Waals surface area contributed by atoms with Crippen LogP contribution in [0.2, 0.25) is 5.02 Å². The molecule has 7 heteroatoms. The number of nitrogens with one attached hydrogen (secondary N) is 1. The molecule has 0 atom stereocenters. The summed E-state index contributed by atoms with van der Waals surface area (Å²) in [5.41, 5.74) is 4.64. The number of nitrogens with zero attached hydrogens (tertiary/aromatic N) is 1. The van der Waals surface area contributed by atoms with Crippen LogP contribution in [0.5, 0.6) is 17.2 Å². The maximum absolute atomic E-state index is 12.3. The Morgan fingerprint density at radius 2 is 1.81 bits per heavy atom. The Hall–Kier alpha value is -3.51. The smallest absolute Gasteiger partial charge is 0.271 e. The van der Waals surface area contributed by atoms with E-state index in [1.165, 1.54) is 6.21 Å². The molecule has 0 radical (unpaired) electrons. The lowest BCUT2D eigenvalue weighted by molar-refractivity contribution is 0.0955. The second-order valence-corrected chi connectivity index (χ2v) is 7.27. The molecular formula is C25H25ClN2O4. The topological polar surface area (TPSA) is 69.2 Å². The molecule has 0 saturated heterocycles. The van der Waals surface area contributed by atoms with Gasteiger partial charge in [-0.2, -0.15) is 5.10 Å². The summed E-state index contributed by atoms with van der Waals surface area (Å²) in [6.07, 6.45) is 2.47. The van der Waals surface area contributed by atoms with Crippen LogP contribution in [0.25, 0.3) is 0 Å². The molecule has 0 aromatic heterocycles. The molecule has 0 unspecified atom stereocenters. The first-order valence-electron chi connectivity index (χ1n) is 10.2. The minimum absolute atomic E-state index is 0.310. The van der Waals surface area contributed by atoms with Gasteiger partial charge in [0, 0.05) is 16.1 Å². The Kier molecular flexibility index (Phi) is 8.52. The van der Waals surface area contributed by atoms with Crippen molar-refractivity contribution in [3.05, 3.63) is 88.4 Å². The Morgan fingerprint density at radius 3 is 2.53 bits per heavy atom. The van der Waals surface area contributed by atoms with E-state index >= 15 is 0 Å². The average molecular weight is 453 g/mol. The monoisotopic (exact) mass is 452 g/mol. The number of hydrogen-bond donors (Lipinski definition) is 1. The molecule has 0 bridgehead atoms. The Morgan fingerprint density at radius 1 is 1.03 bits per heavy atom. The first-order chi connectivity index (χ1) is 15.6. The number of benzene rings is 3. The summed E-state index contributed by atoms with van der Waals surface area (Å²) < 4.78 is 16.8. The van der Waals surface area contributed by atoms with Gasteiger partial charge in [0.2, 0.25) is 0 Å². The van der Waals surface area contributed by atoms with Crippen molar-refractivity contribution >= 4 is 23.7 Å². The van der Waals surface area contributed by atoms with Crippen LogP contribution in [0.15, 0.2) is 71.8 Å². The van der Waals surface area contributed by atoms with E-state index in [1.807, 2.05) is 37.3 Å². The SMILES string of the molecule is CCCOc1ccc(C(=O)N/N=C\c2ccc(OCc3ccccc3Cl)c(OC)c2)cc1. The molecule has 0 spiro atoms. The minimum atomic E-state index is -0.310. The van der Waals surface area contributed by atoms with Crippen molar-refractivity contribution in [1.82, 2.24) is 5.43 Å². The summed E-state index contributed by atoms with van der Waals surface area (Å²) in [7, 11) is 1.56. The Labute approximate surface area is 192 Å². The fourth-order valence-electron chi connectivity index (χ4n) is 2.81. The van der Waals surface area contributed by atoms with E-state index in [2.05, 4.69) is 10.5 Å². The predicted octanol–water partition coefficient (Wildman–Crippen LogP) is 5.48. The summed E-state index contributed by atoms with van der Waals surface area (Å²) in [5.74, 6) is 1.56. The van der Waals surface area contributed by atoms with E-state index in [0.717, 1.165) is 23.3 Å². The highest BCUT2D eigenvalue weighted by molar-refractivity contribution is 6.31. The van der Waals surface area contributed by atoms with Gasteiger partial charge < -0.3 is 14.2 Å². The van der Waals surface area contributed by atoms with Crippen LogP contribution in [-0.4, -0.2) is 25.8 Å². The van der Waals surface area contributed by atoms with Crippen molar-refractivity contribution in [3.63, 3.8) is 0 Å². The minimum Gasteiger partial charge on any atom is -0.494 e. The van der Waals surface area contributed by atoms with Crippen molar-refractivity contribution in [2.24, 2.45) is 5.10 Å². The van der Waals surface area contributed by atoms with Crippen molar-refractivity contribution in [2.75, 3.05) is 13.7 Å². The van der Waals surface area contributed by atoms with Gasteiger partial charge in [0.25, 0.3) is 5.91 Å². The highest BCUT2D eigenvalue weighted by Crippen LogP contribution is 2.29. The van der Waals surface area contributed by atoms with Crippen LogP contribution in [0, 0.1) is 0 Å². The molecule has 1 amide bonds. The van der Waals surface area contributed by atoms with Crippen molar-refractivity contribution < 1.29 is 19.0 Å². The Balaban J connectivity index is 1.58. The number of amides is 1. The molecule has 0 saturated carbocycles. The summed E-state index contributed by atoms with van der Waals surface area (Å²) in [6, 6.07) is 19.8. The zero-order valence-corrected chi connectivity index (χ0v) is 18.8. The number of ether oxygens (including phenoxy) is 3. The third-order valence-corrected chi connectivity index (χ3v) is 4.87. The largest absolute Gasteiger partial charge is 0.494 e. The molecule has 0 aliphatic rings. The zero-order chi connectivity index (χ0) is 22.8. The maximum Gasteiger partial charge on any atom is 0.271 e. The molecule has 0 aliphatic heterocycles. The second kappa shape index (κ2) is 11.8. The van der Waals surface area contributed by atoms with Gasteiger partial charge in [0.15, 0.2) is 11.5 Å². The lowest BCUT2D eigenvalue weighted by Crippen LogP contribution is -2.17. The van der Waals surface area contributed by atoms with Crippen LogP contribution >= 0.6 is 11.6 Å². The van der Waals surface area contributed by atoms with Crippen molar-refractivity contribution in [1.29, 1.82) is 0 Å². The third kappa shape index (κ3) is 6.49. The van der Waals surface area contributed by atoms with Crippen molar-refractivity contribution in [2.45, 2.75) is 20.0 Å². The van der Waals surface area contributed by atoms with Crippen molar-refractivity contribution in [3.8, 4) is 17.2 Å². The summed E-state index contributed by atoms with van der Waals surface area (Å²) >= 11 is 6.17. The van der Waals surface area contributed by atoms with Gasteiger partial charge in [-0.25, -0.2) is 5.43 Å². The molecule has 0 fully saturated rings. The number of carbonyl (C=O) groups is 1. The van der Waals surface area contributed by atoms with E-state index in [4.69, 9.17) is 25.8 Å². The van der Waals surface area contributed by atoms with E-state index in [1.54, 1.807) is 43.5 Å². The van der Waals surface area contributed by atoms with E-state index in [9.17, 15) is 4.79 Å². The zero-order valence-electron chi connectivity index (χ0n) is 18.0. The number of carbonyl (C=O) groups excluding carboxylic acids is 1. The number of methoxy groups -OCH3 is 1. The molecular weight excluding hydrogens is 428 g/mol. The quantitative estimate of drug-likeness (QED) is 0.326. The molecule has 166 valence electrons. The van der Waals surface area contributed by atoms with Gasteiger partial charge in [-0.3, -0.25) is 4.79 Å². The number of hydrogen-bond acceptors (Lipinski definition) is 5. The van der Waals surface area contributed by atoms with Crippen LogP contribution in [0.3, 0.4) is 0 Å². The predicted molar refractivity (Wildman–Crippen MR) is 126 cm³/mol. The highest BCUT2D eigenvalue weighted by Gasteiger charge is 2.08. The summed E-state index contributed by atoms with van der Waals surface area (Å²) in [6.45, 7) is 3.00. The summed E-state index contributed by atoms with van der Waals surface area (Å²) in [5, 5.41) is 4.68. The van der Waals surface area contributed by atoms with E-state index in [0.29, 0.717) is 35.3 Å². The van der Waals surface area contributed by atoms with Gasteiger partial charge in [-0.1, -0.05) is 36.7 Å². The normalized spacial score (nSPS) is 10.7. The standard InChI is InChI=1S/C25H25ClN2O4/c1-3-14-31-21-11-9-19(10-12-21)25(29)28-27-16-18-8-13-23(24(15-18)30-2)32-17-20-6-4-5-7-22(20)26/h4-13,15-16H,3,14,17H2,1-2H3,(H,28,29)/b27-16-. The number of rotatable bonds is 10. The van der Waals surface area contributed by atoms with Gasteiger partial charge in [-0.05, 0) is 60.5 Å². The maximum atomic E-state index is 12.3. The Bertz CT molecular complexity index is 1070. The molecule has 6 nitrogen and oxygen atoms in total. The first kappa shape index (κ1) is 23.2. The fourth-order valence-corrected chi connectivity index (χ4v) is 3.00. The van der Waals surface area contributed by atoms with Crippen LogP contribution < -0.4 is 19.6 Å². The van der Waals surface area contributed by atoms with Gasteiger partial charge in [-0.15, -0.1) is 0 Å². The van der Waals surface area contributed by atoms with Crippen LogP contribution in [0.4, 0.5) is 0 Å². The first-order valence-corrected chi connectivity index (χ1v) is 10.6. The number of hydrazone groups is 1. The van der Waals surface area contributed by atoms with E-state index < -0.39 is 0 Å². The molecule has 0 heterocycles. The summed E-state index contributed by atoms with van der Waals surface area (Å²) in [4.78, 5) is 12.3.